The number of aliphatic carboxylic acids is 1. The van der Waals surface area contributed by atoms with E-state index in [0.717, 1.165) is 24.3 Å². The van der Waals surface area contributed by atoms with Crippen LogP contribution in [0.15, 0.2) is 47.3 Å². The summed E-state index contributed by atoms with van der Waals surface area (Å²) in [5, 5.41) is 10.4. The molecule has 33 heavy (non-hydrogen) atoms. The Kier molecular flexibility index (Phi) is 6.21. The third kappa shape index (κ3) is 4.68. The molecule has 1 saturated heterocycles. The van der Waals surface area contributed by atoms with Gasteiger partial charge in [-0.25, -0.2) is 4.98 Å². The van der Waals surface area contributed by atoms with Crippen molar-refractivity contribution in [3.05, 3.63) is 63.4 Å². The molecule has 1 aromatic heterocycles. The summed E-state index contributed by atoms with van der Waals surface area (Å²) < 4.78 is 1.24. The number of halogens is 1. The number of aromatic nitrogens is 2. The fourth-order valence-corrected chi connectivity index (χ4v) is 5.48. The van der Waals surface area contributed by atoms with Crippen molar-refractivity contribution < 1.29 is 9.90 Å². The Morgan fingerprint density at radius 2 is 1.88 bits per heavy atom. The molecule has 0 bridgehead atoms. The molecule has 1 saturated carbocycles. The molecule has 1 aliphatic heterocycles. The first-order valence-electron chi connectivity index (χ1n) is 11.7. The van der Waals surface area contributed by atoms with Gasteiger partial charge in [0, 0.05) is 17.1 Å². The fourth-order valence-electron chi connectivity index (χ4n) is 5.29. The van der Waals surface area contributed by atoms with Crippen LogP contribution in [0, 0.1) is 5.92 Å². The van der Waals surface area contributed by atoms with E-state index < -0.39 is 12.5 Å². The molecule has 2 heterocycles. The monoisotopic (exact) mass is 465 g/mol. The van der Waals surface area contributed by atoms with E-state index in [4.69, 9.17) is 11.6 Å². The SMILES string of the molecule is O=C(O)Cn1c(-c2cccc(Cl)c2)nc2ccc(C3CC(CN4CCCCC4)C3)cc2c1=O. The largest absolute Gasteiger partial charge is 0.480 e. The summed E-state index contributed by atoms with van der Waals surface area (Å²) in [5.74, 6) is 0.396. The number of carbonyl (C=O) groups is 1. The fraction of sp³-hybridized carbons (Fsp3) is 0.423. The second-order valence-corrected chi connectivity index (χ2v) is 9.84. The lowest BCUT2D eigenvalue weighted by Crippen LogP contribution is -2.38. The van der Waals surface area contributed by atoms with Crippen LogP contribution in [0.5, 0.6) is 0 Å². The van der Waals surface area contributed by atoms with Crippen LogP contribution < -0.4 is 5.56 Å². The summed E-state index contributed by atoms with van der Waals surface area (Å²) in [6, 6.07) is 12.9. The van der Waals surface area contributed by atoms with Gasteiger partial charge in [0.15, 0.2) is 0 Å². The number of rotatable bonds is 6. The molecule has 1 N–H and O–H groups in total. The average molecular weight is 466 g/mol. The Morgan fingerprint density at radius 1 is 1.09 bits per heavy atom. The number of piperidine rings is 1. The van der Waals surface area contributed by atoms with Gasteiger partial charge < -0.3 is 10.0 Å². The first-order valence-corrected chi connectivity index (χ1v) is 12.1. The van der Waals surface area contributed by atoms with Crippen molar-refractivity contribution >= 4 is 28.5 Å². The van der Waals surface area contributed by atoms with Gasteiger partial charge in [0.1, 0.15) is 12.4 Å². The summed E-state index contributed by atoms with van der Waals surface area (Å²) in [4.78, 5) is 32.2. The normalized spacial score (nSPS) is 21.1. The summed E-state index contributed by atoms with van der Waals surface area (Å²) in [6.45, 7) is 3.18. The highest BCUT2D eigenvalue weighted by Gasteiger charge is 2.32. The highest BCUT2D eigenvalue weighted by Crippen LogP contribution is 2.42. The zero-order valence-corrected chi connectivity index (χ0v) is 19.3. The summed E-state index contributed by atoms with van der Waals surface area (Å²) >= 11 is 6.13. The smallest absolute Gasteiger partial charge is 0.323 e. The zero-order valence-electron chi connectivity index (χ0n) is 18.5. The number of carboxylic acid groups (broad SMARTS) is 1. The minimum Gasteiger partial charge on any atom is -0.480 e. The number of benzene rings is 2. The Balaban J connectivity index is 1.43. The maximum Gasteiger partial charge on any atom is 0.323 e. The van der Waals surface area contributed by atoms with Crippen molar-refractivity contribution in [1.29, 1.82) is 0 Å². The summed E-state index contributed by atoms with van der Waals surface area (Å²) in [5.41, 5.74) is 2.01. The molecule has 0 atom stereocenters. The van der Waals surface area contributed by atoms with Crippen LogP contribution in [0.4, 0.5) is 0 Å². The minimum absolute atomic E-state index is 0.315. The van der Waals surface area contributed by atoms with Crippen molar-refractivity contribution in [2.24, 2.45) is 5.92 Å². The Morgan fingerprint density at radius 3 is 2.61 bits per heavy atom. The molecule has 172 valence electrons. The quantitative estimate of drug-likeness (QED) is 0.567. The van der Waals surface area contributed by atoms with E-state index in [0.29, 0.717) is 33.2 Å². The maximum absolute atomic E-state index is 13.4. The van der Waals surface area contributed by atoms with Gasteiger partial charge in [-0.1, -0.05) is 36.2 Å². The molecule has 0 radical (unpaired) electrons. The van der Waals surface area contributed by atoms with E-state index in [9.17, 15) is 14.7 Å². The molecular weight excluding hydrogens is 438 g/mol. The van der Waals surface area contributed by atoms with Gasteiger partial charge in [0.25, 0.3) is 5.56 Å². The Bertz CT molecular complexity index is 1240. The van der Waals surface area contributed by atoms with Gasteiger partial charge in [0.2, 0.25) is 0 Å². The third-order valence-corrected chi connectivity index (χ3v) is 7.26. The molecule has 2 aliphatic rings. The highest BCUT2D eigenvalue weighted by molar-refractivity contribution is 6.30. The van der Waals surface area contributed by atoms with Crippen molar-refractivity contribution in [3.63, 3.8) is 0 Å². The van der Waals surface area contributed by atoms with Crippen LogP contribution in [0.2, 0.25) is 5.02 Å². The number of likely N-dealkylation sites (tertiary alicyclic amines) is 1. The lowest BCUT2D eigenvalue weighted by Gasteiger charge is -2.40. The van der Waals surface area contributed by atoms with Crippen LogP contribution in [0.1, 0.15) is 43.6 Å². The number of hydrogen-bond acceptors (Lipinski definition) is 4. The van der Waals surface area contributed by atoms with Gasteiger partial charge in [-0.05, 0) is 80.4 Å². The lowest BCUT2D eigenvalue weighted by molar-refractivity contribution is -0.137. The van der Waals surface area contributed by atoms with E-state index in [1.165, 1.54) is 43.5 Å². The van der Waals surface area contributed by atoms with Gasteiger partial charge in [0.05, 0.1) is 10.9 Å². The number of carboxylic acids is 1. The van der Waals surface area contributed by atoms with Crippen molar-refractivity contribution in [1.82, 2.24) is 14.5 Å². The molecule has 0 spiro atoms. The zero-order chi connectivity index (χ0) is 22.9. The van der Waals surface area contributed by atoms with Gasteiger partial charge >= 0.3 is 5.97 Å². The molecule has 2 aromatic carbocycles. The number of nitrogens with zero attached hydrogens (tertiary/aromatic N) is 3. The second kappa shape index (κ2) is 9.27. The molecule has 6 nitrogen and oxygen atoms in total. The lowest BCUT2D eigenvalue weighted by atomic mass is 9.71. The molecule has 2 fully saturated rings. The van der Waals surface area contributed by atoms with E-state index in [-0.39, 0.29) is 5.56 Å². The topological polar surface area (TPSA) is 75.4 Å². The van der Waals surface area contributed by atoms with E-state index >= 15 is 0 Å². The van der Waals surface area contributed by atoms with Crippen LogP contribution in [-0.4, -0.2) is 45.2 Å². The first-order chi connectivity index (χ1) is 16.0. The second-order valence-electron chi connectivity index (χ2n) is 9.40. The molecule has 3 aromatic rings. The third-order valence-electron chi connectivity index (χ3n) is 7.03. The highest BCUT2D eigenvalue weighted by atomic mass is 35.5. The standard InChI is InChI=1S/C26H28ClN3O3/c27-21-6-4-5-19(13-21)25-28-23-8-7-18(14-22(23)26(33)30(25)16-24(31)32)20-11-17(12-20)15-29-9-2-1-3-10-29/h4-8,13-14,17,20H,1-3,9-12,15-16H2,(H,31,32). The van der Waals surface area contributed by atoms with Crippen LogP contribution in [-0.2, 0) is 11.3 Å². The molecular formula is C26H28ClN3O3. The van der Waals surface area contributed by atoms with Crippen molar-refractivity contribution in [3.8, 4) is 11.4 Å². The number of hydrogen-bond donors (Lipinski definition) is 1. The Labute approximate surface area is 197 Å². The van der Waals surface area contributed by atoms with E-state index in [1.54, 1.807) is 24.3 Å². The molecule has 5 rings (SSSR count). The molecule has 1 aliphatic carbocycles. The van der Waals surface area contributed by atoms with Gasteiger partial charge in [-0.3, -0.25) is 14.2 Å². The first kappa shape index (κ1) is 22.1. The van der Waals surface area contributed by atoms with E-state index in [1.807, 2.05) is 12.1 Å². The minimum atomic E-state index is -1.09. The predicted molar refractivity (Wildman–Crippen MR) is 130 cm³/mol. The summed E-state index contributed by atoms with van der Waals surface area (Å²) in [7, 11) is 0. The average Bonchev–Trinajstić information content (AvgIpc) is 2.78. The molecule has 0 unspecified atom stereocenters. The van der Waals surface area contributed by atoms with Crippen LogP contribution >= 0.6 is 11.6 Å². The summed E-state index contributed by atoms with van der Waals surface area (Å²) in [6.07, 6.45) is 6.26. The number of fused-ring (bicyclic) bond motifs is 1. The van der Waals surface area contributed by atoms with Gasteiger partial charge in [-0.2, -0.15) is 0 Å². The molecule has 7 heteroatoms. The van der Waals surface area contributed by atoms with Crippen molar-refractivity contribution in [2.45, 2.75) is 44.6 Å². The predicted octanol–water partition coefficient (Wildman–Crippen LogP) is 4.78. The van der Waals surface area contributed by atoms with Crippen molar-refractivity contribution in [2.75, 3.05) is 19.6 Å². The van der Waals surface area contributed by atoms with E-state index in [2.05, 4.69) is 16.0 Å². The Hall–Kier alpha value is -2.70. The maximum atomic E-state index is 13.4. The van der Waals surface area contributed by atoms with Crippen LogP contribution in [0.25, 0.3) is 22.3 Å². The van der Waals surface area contributed by atoms with Crippen LogP contribution in [0.3, 0.4) is 0 Å². The molecule has 0 amide bonds. The van der Waals surface area contributed by atoms with Gasteiger partial charge in [-0.15, -0.1) is 0 Å².